The Morgan fingerprint density at radius 3 is 2.59 bits per heavy atom. The van der Waals surface area contributed by atoms with Crippen molar-refractivity contribution < 1.29 is 27.5 Å². The number of nitrogens with two attached hydrogens (primary N) is 1. The van der Waals surface area contributed by atoms with Gasteiger partial charge in [-0.15, -0.1) is 13.2 Å². The van der Waals surface area contributed by atoms with Gasteiger partial charge in [-0.25, -0.2) is 9.50 Å². The van der Waals surface area contributed by atoms with Gasteiger partial charge in [-0.05, 0) is 31.7 Å². The van der Waals surface area contributed by atoms with Crippen molar-refractivity contribution in [3.05, 3.63) is 29.2 Å². The number of halogens is 3. The van der Waals surface area contributed by atoms with Crippen LogP contribution in [0.3, 0.4) is 0 Å². The molecule has 4 rings (SSSR count). The van der Waals surface area contributed by atoms with Crippen LogP contribution in [0.5, 0.6) is 0 Å². The van der Waals surface area contributed by atoms with Crippen LogP contribution in [0.2, 0.25) is 0 Å². The van der Waals surface area contributed by atoms with Crippen molar-refractivity contribution >= 4 is 17.5 Å². The summed E-state index contributed by atoms with van der Waals surface area (Å²) >= 11 is 0. The highest BCUT2D eigenvalue weighted by molar-refractivity contribution is 6.01. The molecular formula is C16H16F3N5O3. The molecule has 3 N–H and O–H groups in total. The standard InChI is InChI=1S/C16H16F3N5O3/c17-16(18,19)27-9-5-8(6-9)22-15(26)10-3-4-21-24-12(13(20)25)11(7-1-2-7)23-14(10)24/h3-4,7-9H,1-2,5-6H2,(H2,20,25)(H,22,26)/t8-,9+. The van der Waals surface area contributed by atoms with E-state index in [1.54, 1.807) is 0 Å². The molecule has 0 radical (unpaired) electrons. The van der Waals surface area contributed by atoms with E-state index in [0.29, 0.717) is 5.69 Å². The Kier molecular flexibility index (Phi) is 4.06. The number of ether oxygens (including phenoxy) is 1. The lowest BCUT2D eigenvalue weighted by Crippen LogP contribution is -2.49. The second-order valence-corrected chi connectivity index (χ2v) is 6.79. The summed E-state index contributed by atoms with van der Waals surface area (Å²) in [7, 11) is 0. The molecule has 2 amide bonds. The first kappa shape index (κ1) is 17.7. The summed E-state index contributed by atoms with van der Waals surface area (Å²) in [5.74, 6) is -1.06. The molecule has 0 atom stereocenters. The van der Waals surface area contributed by atoms with Gasteiger partial charge in [0.25, 0.3) is 11.8 Å². The van der Waals surface area contributed by atoms with Crippen LogP contribution in [-0.2, 0) is 4.74 Å². The van der Waals surface area contributed by atoms with E-state index in [1.807, 2.05) is 0 Å². The molecule has 0 unspecified atom stereocenters. The Morgan fingerprint density at radius 1 is 1.30 bits per heavy atom. The van der Waals surface area contributed by atoms with Gasteiger partial charge in [0, 0.05) is 18.2 Å². The van der Waals surface area contributed by atoms with E-state index >= 15 is 0 Å². The fourth-order valence-electron chi connectivity index (χ4n) is 3.25. The Labute approximate surface area is 150 Å². The summed E-state index contributed by atoms with van der Waals surface area (Å²) < 4.78 is 41.7. The normalized spacial score (nSPS) is 22.5. The molecule has 144 valence electrons. The molecule has 2 aromatic heterocycles. The molecule has 27 heavy (non-hydrogen) atoms. The molecule has 0 aliphatic heterocycles. The zero-order valence-corrected chi connectivity index (χ0v) is 14.0. The van der Waals surface area contributed by atoms with Gasteiger partial charge in [0.05, 0.1) is 17.4 Å². The molecule has 2 heterocycles. The van der Waals surface area contributed by atoms with E-state index in [9.17, 15) is 22.8 Å². The molecule has 0 saturated heterocycles. The van der Waals surface area contributed by atoms with Crippen molar-refractivity contribution in [1.82, 2.24) is 19.9 Å². The maximum Gasteiger partial charge on any atom is 0.522 e. The average Bonchev–Trinajstić information content (AvgIpc) is 3.30. The van der Waals surface area contributed by atoms with Gasteiger partial charge in [-0.1, -0.05) is 0 Å². The van der Waals surface area contributed by atoms with Crippen molar-refractivity contribution in [2.24, 2.45) is 5.73 Å². The van der Waals surface area contributed by atoms with E-state index in [2.05, 4.69) is 20.1 Å². The fourth-order valence-corrected chi connectivity index (χ4v) is 3.25. The maximum atomic E-state index is 12.6. The van der Waals surface area contributed by atoms with Crippen LogP contribution in [0.25, 0.3) is 5.65 Å². The van der Waals surface area contributed by atoms with Gasteiger partial charge in [0.2, 0.25) is 0 Å². The minimum atomic E-state index is -4.68. The van der Waals surface area contributed by atoms with Gasteiger partial charge >= 0.3 is 6.36 Å². The third kappa shape index (κ3) is 3.46. The first-order chi connectivity index (χ1) is 12.7. The SMILES string of the molecule is NC(=O)c1c(C2CC2)nc2c(C(=O)N[C@H]3C[C@@H](OC(F)(F)F)C3)ccnn12. The molecule has 0 bridgehead atoms. The largest absolute Gasteiger partial charge is 0.522 e. The molecule has 2 aliphatic carbocycles. The third-order valence-electron chi connectivity index (χ3n) is 4.72. The molecule has 11 heteroatoms. The second kappa shape index (κ2) is 6.19. The van der Waals surface area contributed by atoms with Crippen LogP contribution in [-0.4, -0.2) is 44.9 Å². The minimum absolute atomic E-state index is 0.0704. The molecule has 2 aromatic rings. The lowest BCUT2D eigenvalue weighted by molar-refractivity contribution is -0.351. The number of alkyl halides is 3. The number of primary amides is 1. The number of carbonyl (C=O) groups excluding carboxylic acids is 2. The van der Waals surface area contributed by atoms with Gasteiger partial charge in [-0.3, -0.25) is 14.3 Å². The van der Waals surface area contributed by atoms with Crippen molar-refractivity contribution in [1.29, 1.82) is 0 Å². The number of carbonyl (C=O) groups is 2. The smallest absolute Gasteiger partial charge is 0.364 e. The number of nitrogens with one attached hydrogen (secondary N) is 1. The van der Waals surface area contributed by atoms with E-state index < -0.39 is 30.3 Å². The second-order valence-electron chi connectivity index (χ2n) is 6.79. The van der Waals surface area contributed by atoms with Crippen LogP contribution < -0.4 is 11.1 Å². The van der Waals surface area contributed by atoms with Crippen LogP contribution in [0.1, 0.15) is 58.1 Å². The Morgan fingerprint density at radius 2 is 2.00 bits per heavy atom. The highest BCUT2D eigenvalue weighted by Gasteiger charge is 2.41. The van der Waals surface area contributed by atoms with Crippen LogP contribution in [0.4, 0.5) is 13.2 Å². The molecule has 2 aliphatic rings. The van der Waals surface area contributed by atoms with Crippen LogP contribution in [0, 0.1) is 0 Å². The number of nitrogens with zero attached hydrogens (tertiary/aromatic N) is 3. The average molecular weight is 383 g/mol. The maximum absolute atomic E-state index is 12.6. The third-order valence-corrected chi connectivity index (χ3v) is 4.72. The summed E-state index contributed by atoms with van der Waals surface area (Å²) in [5.41, 5.74) is 6.51. The summed E-state index contributed by atoms with van der Waals surface area (Å²) in [4.78, 5) is 28.8. The number of imidazole rings is 1. The molecule has 0 spiro atoms. The molecule has 8 nitrogen and oxygen atoms in total. The minimum Gasteiger partial charge on any atom is -0.364 e. The van der Waals surface area contributed by atoms with Crippen molar-refractivity contribution in [2.75, 3.05) is 0 Å². The van der Waals surface area contributed by atoms with E-state index in [-0.39, 0.29) is 35.7 Å². The first-order valence-corrected chi connectivity index (χ1v) is 8.46. The lowest BCUT2D eigenvalue weighted by Gasteiger charge is -2.35. The van der Waals surface area contributed by atoms with Crippen LogP contribution >= 0.6 is 0 Å². The summed E-state index contributed by atoms with van der Waals surface area (Å²) in [6.45, 7) is 0. The van der Waals surface area contributed by atoms with Gasteiger partial charge < -0.3 is 11.1 Å². The highest BCUT2D eigenvalue weighted by atomic mass is 19.4. The number of hydrogen-bond acceptors (Lipinski definition) is 5. The Hall–Kier alpha value is -2.69. The summed E-state index contributed by atoms with van der Waals surface area (Å²) in [5, 5.41) is 6.73. The molecule has 0 aromatic carbocycles. The monoisotopic (exact) mass is 383 g/mol. The number of fused-ring (bicyclic) bond motifs is 1. The Balaban J connectivity index is 1.53. The zero-order valence-electron chi connectivity index (χ0n) is 14.0. The molecule has 2 fully saturated rings. The van der Waals surface area contributed by atoms with E-state index in [4.69, 9.17) is 5.73 Å². The predicted octanol–water partition coefficient (Wildman–Crippen LogP) is 1.50. The molecule has 2 saturated carbocycles. The van der Waals surface area contributed by atoms with Crippen LogP contribution in [0.15, 0.2) is 12.3 Å². The van der Waals surface area contributed by atoms with Crippen molar-refractivity contribution in [3.63, 3.8) is 0 Å². The Bertz CT molecular complexity index is 916. The van der Waals surface area contributed by atoms with Gasteiger partial charge in [-0.2, -0.15) is 5.10 Å². The van der Waals surface area contributed by atoms with Gasteiger partial charge in [0.15, 0.2) is 11.3 Å². The first-order valence-electron chi connectivity index (χ1n) is 8.46. The van der Waals surface area contributed by atoms with Crippen molar-refractivity contribution in [2.45, 2.75) is 50.1 Å². The lowest BCUT2D eigenvalue weighted by atomic mass is 9.89. The van der Waals surface area contributed by atoms with E-state index in [0.717, 1.165) is 12.8 Å². The van der Waals surface area contributed by atoms with Crippen molar-refractivity contribution in [3.8, 4) is 0 Å². The highest BCUT2D eigenvalue weighted by Crippen LogP contribution is 2.41. The number of amides is 2. The fraction of sp³-hybridized carbons (Fsp3) is 0.500. The number of aromatic nitrogens is 3. The zero-order chi connectivity index (χ0) is 19.3. The topological polar surface area (TPSA) is 112 Å². The quantitative estimate of drug-likeness (QED) is 0.813. The summed E-state index contributed by atoms with van der Waals surface area (Å²) in [6.07, 6.45) is -2.38. The van der Waals surface area contributed by atoms with Gasteiger partial charge in [0.1, 0.15) is 0 Å². The molecular weight excluding hydrogens is 367 g/mol. The predicted molar refractivity (Wildman–Crippen MR) is 84.9 cm³/mol. The number of rotatable bonds is 5. The van der Waals surface area contributed by atoms with E-state index in [1.165, 1.54) is 16.8 Å². The summed E-state index contributed by atoms with van der Waals surface area (Å²) in [6, 6.07) is 1.02. The number of hydrogen-bond donors (Lipinski definition) is 2.